The molecule has 0 amide bonds. The van der Waals surface area contributed by atoms with Gasteiger partial charge in [-0.1, -0.05) is 0 Å². The van der Waals surface area contributed by atoms with Crippen LogP contribution in [-0.2, 0) is 0 Å². The van der Waals surface area contributed by atoms with Gasteiger partial charge < -0.3 is 9.80 Å². The molecule has 2 aromatic heterocycles. The minimum Gasteiger partial charge on any atom is -0.360 e. The van der Waals surface area contributed by atoms with Crippen molar-refractivity contribution >= 4 is 11.8 Å². The summed E-state index contributed by atoms with van der Waals surface area (Å²) in [5, 5.41) is 0. The summed E-state index contributed by atoms with van der Waals surface area (Å²) in [6, 6.07) is 1.95. The Morgan fingerprint density at radius 2 is 2.18 bits per heavy atom. The van der Waals surface area contributed by atoms with Crippen LogP contribution in [0.3, 0.4) is 0 Å². The van der Waals surface area contributed by atoms with Crippen molar-refractivity contribution in [3.05, 3.63) is 36.3 Å². The third-order valence-electron chi connectivity index (χ3n) is 3.86. The van der Waals surface area contributed by atoms with Crippen LogP contribution in [0.1, 0.15) is 24.5 Å². The maximum atomic E-state index is 13.7. The van der Waals surface area contributed by atoms with E-state index >= 15 is 0 Å². The summed E-state index contributed by atoms with van der Waals surface area (Å²) in [4.78, 5) is 20.6. The number of rotatable bonds is 3. The van der Waals surface area contributed by atoms with E-state index in [-0.39, 0.29) is 0 Å². The van der Waals surface area contributed by atoms with Gasteiger partial charge >= 0.3 is 0 Å². The number of halogens is 1. The second-order valence-electron chi connectivity index (χ2n) is 5.66. The molecule has 6 nitrogen and oxygen atoms in total. The zero-order chi connectivity index (χ0) is 15.5. The van der Waals surface area contributed by atoms with Crippen molar-refractivity contribution < 1.29 is 4.39 Å². The van der Waals surface area contributed by atoms with Gasteiger partial charge in [-0.25, -0.2) is 19.3 Å². The summed E-state index contributed by atoms with van der Waals surface area (Å²) in [6.45, 7) is 1.66. The van der Waals surface area contributed by atoms with Crippen LogP contribution in [0.2, 0.25) is 0 Å². The van der Waals surface area contributed by atoms with Gasteiger partial charge in [-0.3, -0.25) is 0 Å². The van der Waals surface area contributed by atoms with E-state index in [0.717, 1.165) is 31.6 Å². The first-order chi connectivity index (χ1) is 10.6. The van der Waals surface area contributed by atoms with Gasteiger partial charge in [-0.15, -0.1) is 0 Å². The van der Waals surface area contributed by atoms with Crippen LogP contribution in [0, 0.1) is 5.82 Å². The summed E-state index contributed by atoms with van der Waals surface area (Å²) >= 11 is 0. The van der Waals surface area contributed by atoms with Crippen LogP contribution < -0.4 is 9.80 Å². The number of anilines is 2. The lowest BCUT2D eigenvalue weighted by atomic mass is 9.95. The molecule has 1 atom stereocenters. The molecule has 0 saturated carbocycles. The summed E-state index contributed by atoms with van der Waals surface area (Å²) in [5.41, 5.74) is 1.04. The van der Waals surface area contributed by atoms with Crippen LogP contribution >= 0.6 is 0 Å². The van der Waals surface area contributed by atoms with Crippen LogP contribution in [0.4, 0.5) is 16.2 Å². The number of piperidine rings is 1. The molecular formula is C15H19FN6. The van der Waals surface area contributed by atoms with Crippen LogP contribution in [-0.4, -0.2) is 47.1 Å². The molecule has 1 unspecified atom stereocenters. The Kier molecular flexibility index (Phi) is 4.13. The fraction of sp³-hybridized carbons (Fsp3) is 0.467. The van der Waals surface area contributed by atoms with Gasteiger partial charge in [-0.2, -0.15) is 4.98 Å². The predicted octanol–water partition coefficient (Wildman–Crippen LogP) is 1.86. The van der Waals surface area contributed by atoms with E-state index < -0.39 is 5.82 Å². The van der Waals surface area contributed by atoms with Crippen molar-refractivity contribution in [1.29, 1.82) is 0 Å². The first-order valence-corrected chi connectivity index (χ1v) is 7.36. The van der Waals surface area contributed by atoms with Gasteiger partial charge in [0.1, 0.15) is 6.33 Å². The van der Waals surface area contributed by atoms with Gasteiger partial charge in [0.25, 0.3) is 0 Å². The van der Waals surface area contributed by atoms with E-state index in [2.05, 4.69) is 24.8 Å². The van der Waals surface area contributed by atoms with Crippen LogP contribution in [0.15, 0.2) is 24.8 Å². The molecule has 2 aromatic rings. The molecular weight excluding hydrogens is 283 g/mol. The Balaban J connectivity index is 1.82. The van der Waals surface area contributed by atoms with Gasteiger partial charge in [0.2, 0.25) is 5.95 Å². The number of aromatic nitrogens is 4. The lowest BCUT2D eigenvalue weighted by Gasteiger charge is -2.32. The molecule has 0 aliphatic carbocycles. The monoisotopic (exact) mass is 302 g/mol. The molecule has 0 bridgehead atoms. The Bertz CT molecular complexity index is 633. The highest BCUT2D eigenvalue weighted by molar-refractivity contribution is 5.44. The predicted molar refractivity (Wildman–Crippen MR) is 82.5 cm³/mol. The zero-order valence-corrected chi connectivity index (χ0v) is 12.8. The van der Waals surface area contributed by atoms with E-state index in [4.69, 9.17) is 0 Å². The molecule has 0 N–H and O–H groups in total. The Morgan fingerprint density at radius 3 is 2.91 bits per heavy atom. The molecule has 3 rings (SSSR count). The van der Waals surface area contributed by atoms with E-state index in [0.29, 0.717) is 17.7 Å². The minimum atomic E-state index is -0.405. The SMILES string of the molecule is CN(C)c1nc(N2CCCC(c3ccncn3)C2)ncc1F. The third kappa shape index (κ3) is 2.98. The Labute approximate surface area is 129 Å². The Hall–Kier alpha value is -2.31. The highest BCUT2D eigenvalue weighted by Crippen LogP contribution is 2.28. The van der Waals surface area contributed by atoms with Crippen LogP contribution in [0.5, 0.6) is 0 Å². The standard InChI is InChI=1S/C15H19FN6/c1-21(2)14-12(16)8-18-15(20-14)22-7-3-4-11(9-22)13-5-6-17-10-19-13/h5-6,8,10-11H,3-4,7,9H2,1-2H3. The van der Waals surface area contributed by atoms with E-state index in [1.54, 1.807) is 31.5 Å². The average molecular weight is 302 g/mol. The summed E-state index contributed by atoms with van der Waals surface area (Å²) < 4.78 is 13.7. The third-order valence-corrected chi connectivity index (χ3v) is 3.86. The van der Waals surface area contributed by atoms with E-state index in [1.165, 1.54) is 6.20 Å². The average Bonchev–Trinajstić information content (AvgIpc) is 2.56. The van der Waals surface area contributed by atoms with Crippen molar-refractivity contribution in [1.82, 2.24) is 19.9 Å². The molecule has 3 heterocycles. The number of hydrogen-bond acceptors (Lipinski definition) is 6. The second kappa shape index (κ2) is 6.21. The minimum absolute atomic E-state index is 0.314. The molecule has 1 saturated heterocycles. The summed E-state index contributed by atoms with van der Waals surface area (Å²) in [6.07, 6.45) is 6.69. The topological polar surface area (TPSA) is 58.0 Å². The van der Waals surface area contributed by atoms with Gasteiger partial charge in [-0.05, 0) is 18.9 Å². The first-order valence-electron chi connectivity index (χ1n) is 7.36. The van der Waals surface area contributed by atoms with Gasteiger partial charge in [0.15, 0.2) is 11.6 Å². The van der Waals surface area contributed by atoms with Crippen molar-refractivity contribution in [2.24, 2.45) is 0 Å². The van der Waals surface area contributed by atoms with E-state index in [1.807, 2.05) is 6.07 Å². The molecule has 1 aliphatic heterocycles. The van der Waals surface area contributed by atoms with Crippen molar-refractivity contribution in [2.45, 2.75) is 18.8 Å². The highest BCUT2D eigenvalue weighted by atomic mass is 19.1. The molecule has 0 aromatic carbocycles. The largest absolute Gasteiger partial charge is 0.360 e. The summed E-state index contributed by atoms with van der Waals surface area (Å²) in [7, 11) is 3.55. The van der Waals surface area contributed by atoms with E-state index in [9.17, 15) is 4.39 Å². The lowest BCUT2D eigenvalue weighted by molar-refractivity contribution is 0.493. The fourth-order valence-electron chi connectivity index (χ4n) is 2.76. The molecule has 0 radical (unpaired) electrons. The molecule has 1 aliphatic rings. The molecule has 0 spiro atoms. The number of nitrogens with zero attached hydrogens (tertiary/aromatic N) is 6. The van der Waals surface area contributed by atoms with Crippen molar-refractivity contribution in [2.75, 3.05) is 37.0 Å². The second-order valence-corrected chi connectivity index (χ2v) is 5.66. The first kappa shape index (κ1) is 14.6. The normalized spacial score (nSPS) is 18.3. The van der Waals surface area contributed by atoms with Crippen molar-refractivity contribution in [3.63, 3.8) is 0 Å². The zero-order valence-electron chi connectivity index (χ0n) is 12.8. The molecule has 116 valence electrons. The smallest absolute Gasteiger partial charge is 0.227 e. The molecule has 1 fully saturated rings. The quantitative estimate of drug-likeness (QED) is 0.862. The molecule has 7 heteroatoms. The van der Waals surface area contributed by atoms with Gasteiger partial charge in [0.05, 0.1) is 6.20 Å². The maximum Gasteiger partial charge on any atom is 0.227 e. The fourth-order valence-corrected chi connectivity index (χ4v) is 2.76. The number of hydrogen-bond donors (Lipinski definition) is 0. The molecule has 22 heavy (non-hydrogen) atoms. The Morgan fingerprint density at radius 1 is 1.32 bits per heavy atom. The summed E-state index contributed by atoms with van der Waals surface area (Å²) in [5.74, 6) is 0.810. The lowest BCUT2D eigenvalue weighted by Crippen LogP contribution is -2.36. The van der Waals surface area contributed by atoms with Gasteiger partial charge in [0, 0.05) is 45.0 Å². The highest BCUT2D eigenvalue weighted by Gasteiger charge is 2.24. The maximum absolute atomic E-state index is 13.7. The van der Waals surface area contributed by atoms with Crippen molar-refractivity contribution in [3.8, 4) is 0 Å². The van der Waals surface area contributed by atoms with Crippen LogP contribution in [0.25, 0.3) is 0 Å².